The highest BCUT2D eigenvalue weighted by molar-refractivity contribution is 7.87. The van der Waals surface area contributed by atoms with Crippen LogP contribution in [0.3, 0.4) is 0 Å². The normalized spacial score (nSPS) is 11.0. The first-order chi connectivity index (χ1) is 22.9. The van der Waals surface area contributed by atoms with Gasteiger partial charge < -0.3 is 50.0 Å². The number of benzene rings is 1. The van der Waals surface area contributed by atoms with Crippen LogP contribution in [0.4, 0.5) is 0 Å². The Morgan fingerprint density at radius 2 is 1.22 bits per heavy atom. The second-order valence-corrected chi connectivity index (χ2v) is 10.4. The summed E-state index contributed by atoms with van der Waals surface area (Å²) in [5.74, 6) is -8.51. The van der Waals surface area contributed by atoms with Crippen LogP contribution in [0.1, 0.15) is 68.7 Å². The highest BCUT2D eigenvalue weighted by Crippen LogP contribution is 2.20. The van der Waals surface area contributed by atoms with Gasteiger partial charge in [-0.1, -0.05) is 0 Å². The van der Waals surface area contributed by atoms with Crippen molar-refractivity contribution in [3.05, 3.63) is 34.4 Å². The summed E-state index contributed by atoms with van der Waals surface area (Å²) in [5.41, 5.74) is -1.37. The summed E-state index contributed by atoms with van der Waals surface area (Å²) < 4.78 is 43.2. The molecule has 278 valence electrons. The lowest BCUT2D eigenvalue weighted by Crippen LogP contribution is -2.34. The SMILES string of the molecule is O=C(O)CC(C(=O)OCCO)S(=O)(=O)O.O=C(O)CCC(=O)OCCO.O=C(OCCCCO)c1cc(C(=O)O)c(C(=O)O)cc1COO. The smallest absolute Gasteiger partial charge is 0.338 e. The lowest BCUT2D eigenvalue weighted by molar-refractivity contribution is -0.253. The molecule has 9 N–H and O–H groups in total. The molecule has 1 atom stereocenters. The zero-order valence-electron chi connectivity index (χ0n) is 25.5. The molecule has 0 saturated carbocycles. The number of hydrogen-bond donors (Lipinski definition) is 9. The van der Waals surface area contributed by atoms with E-state index in [1.807, 2.05) is 0 Å². The van der Waals surface area contributed by atoms with Crippen LogP contribution in [0.5, 0.6) is 0 Å². The zero-order valence-corrected chi connectivity index (χ0v) is 26.3. The van der Waals surface area contributed by atoms with Crippen molar-refractivity contribution in [2.24, 2.45) is 0 Å². The van der Waals surface area contributed by atoms with Gasteiger partial charge in [0, 0.05) is 6.61 Å². The molecule has 0 aromatic heterocycles. The molecule has 0 amide bonds. The molecule has 0 aliphatic rings. The third kappa shape index (κ3) is 20.9. The number of carboxylic acid groups (broad SMARTS) is 4. The molecule has 0 radical (unpaired) electrons. The van der Waals surface area contributed by atoms with Crippen molar-refractivity contribution in [1.29, 1.82) is 0 Å². The van der Waals surface area contributed by atoms with Gasteiger partial charge in [-0.05, 0) is 30.5 Å². The Balaban J connectivity index is 0. The number of hydrogen-bond acceptors (Lipinski definition) is 17. The highest BCUT2D eigenvalue weighted by Gasteiger charge is 2.34. The summed E-state index contributed by atoms with van der Waals surface area (Å²) in [6, 6.07) is 1.81. The van der Waals surface area contributed by atoms with Crippen LogP contribution in [0.2, 0.25) is 0 Å². The van der Waals surface area contributed by atoms with Crippen molar-refractivity contribution in [2.45, 2.75) is 44.0 Å². The molecule has 1 aromatic rings. The average molecular weight is 733 g/mol. The van der Waals surface area contributed by atoms with Crippen molar-refractivity contribution < 1.29 is 107 Å². The summed E-state index contributed by atoms with van der Waals surface area (Å²) in [4.78, 5) is 79.7. The first-order valence-corrected chi connectivity index (χ1v) is 15.0. The van der Waals surface area contributed by atoms with E-state index in [4.69, 9.17) is 50.3 Å². The molecule has 1 unspecified atom stereocenters. The third-order valence-electron chi connectivity index (χ3n) is 5.15. The molecule has 22 nitrogen and oxygen atoms in total. The van der Waals surface area contributed by atoms with E-state index >= 15 is 0 Å². The van der Waals surface area contributed by atoms with Crippen molar-refractivity contribution in [3.8, 4) is 0 Å². The summed E-state index contributed by atoms with van der Waals surface area (Å²) in [5, 5.41) is 66.0. The quantitative estimate of drug-likeness (QED) is 0.0187. The van der Waals surface area contributed by atoms with Crippen molar-refractivity contribution in [3.63, 3.8) is 0 Å². The fraction of sp³-hybridized carbons (Fsp3) is 0.500. The van der Waals surface area contributed by atoms with Gasteiger partial charge in [-0.2, -0.15) is 8.42 Å². The van der Waals surface area contributed by atoms with E-state index in [1.54, 1.807) is 0 Å². The van der Waals surface area contributed by atoms with Gasteiger partial charge in [0.05, 0.1) is 55.8 Å². The molecule has 1 aromatic carbocycles. The van der Waals surface area contributed by atoms with Gasteiger partial charge in [0.1, 0.15) is 19.8 Å². The minimum atomic E-state index is -4.83. The Kier molecular flexibility index (Phi) is 23.9. The van der Waals surface area contributed by atoms with Crippen molar-refractivity contribution in [2.75, 3.05) is 39.6 Å². The standard InChI is InChI=1S/C14H16O9.C6H10O8S.C6H10O5/c15-3-1-2-4-22-14(20)9-6-11(13(18)19)10(12(16)17)5-8(9)7-23-21;7-1-2-14-6(10)4(3-5(8)9)15(11,12)13;7-3-4-11-6(10)2-1-5(8)9/h5-6,15,21H,1-4,7H2,(H,16,17)(H,18,19);4,7H,1-3H2,(H,8,9)(H,11,12,13);7H,1-4H2,(H,8,9). The molecule has 0 heterocycles. The molecule has 0 bridgehead atoms. The number of aliphatic hydroxyl groups is 3. The van der Waals surface area contributed by atoms with Crippen molar-refractivity contribution in [1.82, 2.24) is 0 Å². The van der Waals surface area contributed by atoms with Gasteiger partial charge in [-0.3, -0.25) is 29.0 Å². The van der Waals surface area contributed by atoms with E-state index in [0.29, 0.717) is 12.8 Å². The maximum absolute atomic E-state index is 12.0. The van der Waals surface area contributed by atoms with E-state index in [0.717, 1.165) is 12.1 Å². The fourth-order valence-electron chi connectivity index (χ4n) is 2.98. The number of carbonyl (C=O) groups excluding carboxylic acids is 3. The zero-order chi connectivity index (χ0) is 38.2. The molecule has 0 saturated heterocycles. The first-order valence-electron chi connectivity index (χ1n) is 13.5. The molecule has 0 aliphatic heterocycles. The van der Waals surface area contributed by atoms with Gasteiger partial charge in [-0.15, -0.1) is 0 Å². The molecule has 49 heavy (non-hydrogen) atoms. The number of carbonyl (C=O) groups is 7. The minimum Gasteiger partial charge on any atom is -0.481 e. The fourth-order valence-corrected chi connectivity index (χ4v) is 3.65. The number of aliphatic hydroxyl groups excluding tert-OH is 3. The van der Waals surface area contributed by atoms with E-state index < -0.39 is 94.5 Å². The third-order valence-corrected chi connectivity index (χ3v) is 6.22. The Labute approximate surface area is 276 Å². The van der Waals surface area contributed by atoms with Gasteiger partial charge in [-0.25, -0.2) is 19.3 Å². The van der Waals surface area contributed by atoms with Gasteiger partial charge >= 0.3 is 41.8 Å². The largest absolute Gasteiger partial charge is 0.481 e. The average Bonchev–Trinajstić information content (AvgIpc) is 3.02. The Hall–Kier alpha value is -4.78. The number of esters is 3. The maximum Gasteiger partial charge on any atom is 0.338 e. The van der Waals surface area contributed by atoms with Crippen LogP contribution in [-0.4, -0.2) is 141 Å². The second kappa shape index (κ2) is 25.3. The first kappa shape index (κ1) is 46.3. The lowest BCUT2D eigenvalue weighted by atomic mass is 9.98. The van der Waals surface area contributed by atoms with Crippen LogP contribution >= 0.6 is 0 Å². The van der Waals surface area contributed by atoms with E-state index in [1.165, 1.54) is 0 Å². The van der Waals surface area contributed by atoms with Crippen LogP contribution in [0.25, 0.3) is 0 Å². The second-order valence-electron chi connectivity index (χ2n) is 8.84. The monoisotopic (exact) mass is 732 g/mol. The van der Waals surface area contributed by atoms with Gasteiger partial charge in [0.25, 0.3) is 10.1 Å². The van der Waals surface area contributed by atoms with E-state index in [9.17, 15) is 42.0 Å². The highest BCUT2D eigenvalue weighted by atomic mass is 32.2. The molecular formula is C26H36O22S. The Bertz CT molecular complexity index is 1370. The minimum absolute atomic E-state index is 0.00189. The Morgan fingerprint density at radius 3 is 1.67 bits per heavy atom. The topological polar surface area (TPSA) is 373 Å². The predicted molar refractivity (Wildman–Crippen MR) is 155 cm³/mol. The summed E-state index contributed by atoms with van der Waals surface area (Å²) in [6.07, 6.45) is -0.631. The number of unbranched alkanes of at least 4 members (excludes halogenated alkanes) is 1. The molecule has 0 aliphatic carbocycles. The Morgan fingerprint density at radius 1 is 0.673 bits per heavy atom. The van der Waals surface area contributed by atoms with Crippen LogP contribution < -0.4 is 0 Å². The summed E-state index contributed by atoms with van der Waals surface area (Å²) in [6.45, 7) is -1.88. The van der Waals surface area contributed by atoms with Crippen LogP contribution in [0.15, 0.2) is 12.1 Å². The number of ether oxygens (including phenoxy) is 3. The van der Waals surface area contributed by atoms with Gasteiger partial charge in [0.2, 0.25) is 0 Å². The lowest BCUT2D eigenvalue weighted by Gasteiger charge is -2.11. The van der Waals surface area contributed by atoms with E-state index in [2.05, 4.69) is 14.4 Å². The maximum atomic E-state index is 12.0. The van der Waals surface area contributed by atoms with E-state index in [-0.39, 0.29) is 50.4 Å². The van der Waals surface area contributed by atoms with Crippen molar-refractivity contribution >= 4 is 51.9 Å². The molecule has 1 rings (SSSR count). The summed E-state index contributed by atoms with van der Waals surface area (Å²) in [7, 11) is -4.83. The molecule has 23 heteroatoms. The number of aliphatic carboxylic acids is 2. The number of carboxylic acids is 4. The molecule has 0 spiro atoms. The van der Waals surface area contributed by atoms with Crippen LogP contribution in [0, 0.1) is 0 Å². The summed E-state index contributed by atoms with van der Waals surface area (Å²) >= 11 is 0. The van der Waals surface area contributed by atoms with Gasteiger partial charge in [0.15, 0.2) is 5.25 Å². The molecule has 0 fully saturated rings. The number of rotatable bonds is 20. The number of aromatic carboxylic acids is 2. The molecular weight excluding hydrogens is 696 g/mol. The predicted octanol–water partition coefficient (Wildman–Crippen LogP) is -1.36. The van der Waals surface area contributed by atoms with Crippen LogP contribution in [-0.2, 0) is 55.0 Å².